The van der Waals surface area contributed by atoms with Crippen molar-refractivity contribution in [3.05, 3.63) is 42.2 Å². The molecule has 23 heavy (non-hydrogen) atoms. The highest BCUT2D eigenvalue weighted by Crippen LogP contribution is 2.18. The van der Waals surface area contributed by atoms with Crippen molar-refractivity contribution in [3.63, 3.8) is 0 Å². The molecule has 0 aliphatic heterocycles. The molecule has 2 N–H and O–H groups in total. The van der Waals surface area contributed by atoms with Crippen molar-refractivity contribution >= 4 is 23.3 Å². The minimum Gasteiger partial charge on any atom is -0.465 e. The molecule has 0 radical (unpaired) electrons. The molecule has 0 fully saturated rings. The summed E-state index contributed by atoms with van der Waals surface area (Å²) >= 11 is 0. The van der Waals surface area contributed by atoms with E-state index in [1.54, 1.807) is 18.2 Å². The van der Waals surface area contributed by atoms with Crippen molar-refractivity contribution in [2.75, 3.05) is 24.3 Å². The molecule has 1 heterocycles. The monoisotopic (exact) mass is 314 g/mol. The van der Waals surface area contributed by atoms with Crippen molar-refractivity contribution in [1.82, 2.24) is 9.97 Å². The summed E-state index contributed by atoms with van der Waals surface area (Å²) in [5.41, 5.74) is 1.25. The van der Waals surface area contributed by atoms with Crippen molar-refractivity contribution in [3.8, 4) is 0 Å². The van der Waals surface area contributed by atoms with Crippen LogP contribution in [0, 0.1) is 5.92 Å². The van der Waals surface area contributed by atoms with Gasteiger partial charge in [-0.1, -0.05) is 19.9 Å². The first-order valence-electron chi connectivity index (χ1n) is 7.60. The third-order valence-corrected chi connectivity index (χ3v) is 3.25. The van der Waals surface area contributed by atoms with E-state index in [9.17, 15) is 4.79 Å². The fraction of sp³-hybridized carbons (Fsp3) is 0.353. The first-order chi connectivity index (χ1) is 11.1. The van der Waals surface area contributed by atoms with Crippen LogP contribution < -0.4 is 10.6 Å². The second kappa shape index (κ2) is 8.12. The number of nitrogens with one attached hydrogen (secondary N) is 2. The summed E-state index contributed by atoms with van der Waals surface area (Å²) in [6, 6.07) is 8.92. The van der Waals surface area contributed by atoms with Gasteiger partial charge in [0.15, 0.2) is 0 Å². The Hall–Kier alpha value is -2.63. The number of nitrogens with zero attached hydrogens (tertiary/aromatic N) is 2. The molecule has 0 saturated heterocycles. The Balaban J connectivity index is 2.04. The Morgan fingerprint density at radius 1 is 1.22 bits per heavy atom. The van der Waals surface area contributed by atoms with E-state index in [1.165, 1.54) is 13.4 Å². The molecule has 1 aromatic carbocycles. The highest BCUT2D eigenvalue weighted by atomic mass is 16.5. The number of ether oxygens (including phenoxy) is 1. The van der Waals surface area contributed by atoms with E-state index >= 15 is 0 Å². The number of methoxy groups -OCH3 is 1. The number of anilines is 3. The highest BCUT2D eigenvalue weighted by molar-refractivity contribution is 5.90. The number of esters is 1. The van der Waals surface area contributed by atoms with E-state index < -0.39 is 0 Å². The van der Waals surface area contributed by atoms with Gasteiger partial charge in [0, 0.05) is 18.3 Å². The second-order valence-corrected chi connectivity index (χ2v) is 5.60. The number of hydrogen-bond acceptors (Lipinski definition) is 6. The van der Waals surface area contributed by atoms with Crippen molar-refractivity contribution in [2.45, 2.75) is 20.3 Å². The Bertz CT molecular complexity index is 659. The minimum atomic E-state index is -0.368. The maximum absolute atomic E-state index is 11.6. The lowest BCUT2D eigenvalue weighted by molar-refractivity contribution is 0.0601. The van der Waals surface area contributed by atoms with Crippen LogP contribution in [0.25, 0.3) is 0 Å². The molecular weight excluding hydrogens is 292 g/mol. The van der Waals surface area contributed by atoms with Gasteiger partial charge in [-0.25, -0.2) is 14.8 Å². The van der Waals surface area contributed by atoms with Crippen molar-refractivity contribution in [2.24, 2.45) is 5.92 Å². The number of carbonyl (C=O) groups is 1. The Labute approximate surface area is 136 Å². The summed E-state index contributed by atoms with van der Waals surface area (Å²) in [4.78, 5) is 20.0. The summed E-state index contributed by atoms with van der Waals surface area (Å²) in [7, 11) is 1.36. The lowest BCUT2D eigenvalue weighted by Crippen LogP contribution is -2.07. The molecule has 6 nitrogen and oxygen atoms in total. The van der Waals surface area contributed by atoms with Crippen LogP contribution in [-0.4, -0.2) is 29.6 Å². The molecule has 0 aliphatic rings. The maximum Gasteiger partial charge on any atom is 0.337 e. The summed E-state index contributed by atoms with van der Waals surface area (Å²) in [5, 5.41) is 6.44. The van der Waals surface area contributed by atoms with Gasteiger partial charge in [-0.05, 0) is 30.5 Å². The molecule has 0 atom stereocenters. The molecule has 2 aromatic rings. The van der Waals surface area contributed by atoms with Gasteiger partial charge >= 0.3 is 5.97 Å². The zero-order valence-electron chi connectivity index (χ0n) is 13.7. The Morgan fingerprint density at radius 3 is 2.74 bits per heavy atom. The fourth-order valence-electron chi connectivity index (χ4n) is 2.00. The predicted molar refractivity (Wildman–Crippen MR) is 91.0 cm³/mol. The Kier molecular flexibility index (Phi) is 5.91. The summed E-state index contributed by atoms with van der Waals surface area (Å²) < 4.78 is 4.72. The molecule has 2 rings (SSSR count). The number of hydrogen-bond donors (Lipinski definition) is 2. The lowest BCUT2D eigenvalue weighted by atomic mass is 10.1. The van der Waals surface area contributed by atoms with Gasteiger partial charge in [-0.2, -0.15) is 0 Å². The van der Waals surface area contributed by atoms with Crippen molar-refractivity contribution < 1.29 is 9.53 Å². The third kappa shape index (κ3) is 5.25. The molecule has 1 aromatic heterocycles. The number of rotatable bonds is 7. The molecule has 0 aliphatic carbocycles. The summed E-state index contributed by atoms with van der Waals surface area (Å²) in [6.07, 6.45) is 2.58. The van der Waals surface area contributed by atoms with Crippen molar-refractivity contribution in [1.29, 1.82) is 0 Å². The van der Waals surface area contributed by atoms with Gasteiger partial charge in [0.05, 0.1) is 12.7 Å². The first-order valence-corrected chi connectivity index (χ1v) is 7.60. The summed E-state index contributed by atoms with van der Waals surface area (Å²) in [5.74, 6) is 1.71. The maximum atomic E-state index is 11.6. The highest BCUT2D eigenvalue weighted by Gasteiger charge is 2.06. The van der Waals surface area contributed by atoms with Crippen LogP contribution in [0.1, 0.15) is 30.6 Å². The largest absolute Gasteiger partial charge is 0.465 e. The van der Waals surface area contributed by atoms with Gasteiger partial charge in [-0.15, -0.1) is 0 Å². The fourth-order valence-corrected chi connectivity index (χ4v) is 2.00. The standard InChI is InChI=1S/C17H22N4O2/c1-12(2)7-8-18-15-10-16(20-11-19-15)21-14-6-4-5-13(9-14)17(22)23-3/h4-6,9-12H,7-8H2,1-3H3,(H2,18,19,20,21). The molecular formula is C17H22N4O2. The average molecular weight is 314 g/mol. The van der Waals surface area contributed by atoms with E-state index in [0.29, 0.717) is 17.3 Å². The van der Waals surface area contributed by atoms with E-state index in [4.69, 9.17) is 4.74 Å². The summed E-state index contributed by atoms with van der Waals surface area (Å²) in [6.45, 7) is 5.23. The number of carbonyl (C=O) groups excluding carboxylic acids is 1. The molecule has 0 bridgehead atoms. The second-order valence-electron chi connectivity index (χ2n) is 5.60. The third-order valence-electron chi connectivity index (χ3n) is 3.25. The van der Waals surface area contributed by atoms with Crippen LogP contribution in [0.2, 0.25) is 0 Å². The van der Waals surface area contributed by atoms with Crippen LogP contribution in [0.3, 0.4) is 0 Å². The molecule has 0 saturated carbocycles. The topological polar surface area (TPSA) is 76.1 Å². The molecule has 0 amide bonds. The zero-order valence-corrected chi connectivity index (χ0v) is 13.7. The predicted octanol–water partition coefficient (Wildman–Crippen LogP) is 3.46. The number of benzene rings is 1. The minimum absolute atomic E-state index is 0.368. The van der Waals surface area contributed by atoms with Gasteiger partial charge in [0.1, 0.15) is 18.0 Å². The van der Waals surface area contributed by atoms with Crippen LogP contribution in [-0.2, 0) is 4.74 Å². The molecule has 122 valence electrons. The van der Waals surface area contributed by atoms with E-state index in [1.807, 2.05) is 12.1 Å². The smallest absolute Gasteiger partial charge is 0.337 e. The number of aromatic nitrogens is 2. The van der Waals surface area contributed by atoms with E-state index in [2.05, 4.69) is 34.4 Å². The van der Waals surface area contributed by atoms with Crippen LogP contribution in [0.15, 0.2) is 36.7 Å². The average Bonchev–Trinajstić information content (AvgIpc) is 2.54. The van der Waals surface area contributed by atoms with E-state index in [0.717, 1.165) is 24.5 Å². The Morgan fingerprint density at radius 2 is 2.00 bits per heavy atom. The zero-order chi connectivity index (χ0) is 16.7. The first kappa shape index (κ1) is 16.7. The quantitative estimate of drug-likeness (QED) is 0.762. The van der Waals surface area contributed by atoms with Gasteiger partial charge < -0.3 is 15.4 Å². The lowest BCUT2D eigenvalue weighted by Gasteiger charge is -2.10. The van der Waals surface area contributed by atoms with Crippen LogP contribution in [0.4, 0.5) is 17.3 Å². The van der Waals surface area contributed by atoms with Gasteiger partial charge in [-0.3, -0.25) is 0 Å². The van der Waals surface area contributed by atoms with E-state index in [-0.39, 0.29) is 5.97 Å². The molecule has 0 spiro atoms. The SMILES string of the molecule is COC(=O)c1cccc(Nc2cc(NCCC(C)C)ncn2)c1. The van der Waals surface area contributed by atoms with Crippen LogP contribution in [0.5, 0.6) is 0 Å². The van der Waals surface area contributed by atoms with Crippen LogP contribution >= 0.6 is 0 Å². The normalized spacial score (nSPS) is 10.4. The van der Waals surface area contributed by atoms with Gasteiger partial charge in [0.25, 0.3) is 0 Å². The van der Waals surface area contributed by atoms with Gasteiger partial charge in [0.2, 0.25) is 0 Å². The molecule has 0 unspecified atom stereocenters. The molecule has 6 heteroatoms.